The number of imidazole rings is 1. The van der Waals surface area contributed by atoms with E-state index in [0.29, 0.717) is 15.8 Å². The predicted octanol–water partition coefficient (Wildman–Crippen LogP) is 4.30. The molecule has 2 fully saturated rings. The van der Waals surface area contributed by atoms with E-state index in [1.807, 2.05) is 48.8 Å². The summed E-state index contributed by atoms with van der Waals surface area (Å²) in [6.07, 6.45) is 5.86. The lowest BCUT2D eigenvalue weighted by Gasteiger charge is -2.40. The minimum Gasteiger partial charge on any atom is -0.328 e. The number of fused-ring (bicyclic) bond motifs is 3. The first kappa shape index (κ1) is 20.8. The van der Waals surface area contributed by atoms with E-state index in [2.05, 4.69) is 24.2 Å². The summed E-state index contributed by atoms with van der Waals surface area (Å²) in [6.45, 7) is 4.37. The normalized spacial score (nSPS) is 20.6. The summed E-state index contributed by atoms with van der Waals surface area (Å²) in [7, 11) is 0. The van der Waals surface area contributed by atoms with Crippen LogP contribution in [-0.4, -0.2) is 60.2 Å². The van der Waals surface area contributed by atoms with Crippen LogP contribution in [0.2, 0.25) is 5.02 Å². The highest BCUT2D eigenvalue weighted by molar-refractivity contribution is 7.11. The van der Waals surface area contributed by atoms with Crippen LogP contribution in [-0.2, 0) is 6.54 Å². The number of piperazine rings is 1. The van der Waals surface area contributed by atoms with Crippen molar-refractivity contribution >= 4 is 34.6 Å². The SMILES string of the molecule is Cc1csc(C(=O)N2C3CCC2CN(Cc2c(-c4ccc(Cl)cc4)nc4ncccn24)C3)n1. The molecular formula is C24H23ClN6OS. The Bertz CT molecular complexity index is 1320. The van der Waals surface area contributed by atoms with Gasteiger partial charge >= 0.3 is 0 Å². The van der Waals surface area contributed by atoms with Gasteiger partial charge in [0.05, 0.1) is 11.4 Å². The molecule has 2 atom stereocenters. The maximum absolute atomic E-state index is 13.2. The van der Waals surface area contributed by atoms with Crippen molar-refractivity contribution in [3.8, 4) is 11.3 Å². The number of rotatable bonds is 4. The van der Waals surface area contributed by atoms with Crippen LogP contribution in [0.4, 0.5) is 0 Å². The highest BCUT2D eigenvalue weighted by Gasteiger charge is 2.43. The third-order valence-corrected chi connectivity index (χ3v) is 7.79. The van der Waals surface area contributed by atoms with Crippen LogP contribution < -0.4 is 0 Å². The van der Waals surface area contributed by atoms with E-state index in [-0.39, 0.29) is 18.0 Å². The molecule has 4 aromatic rings. The Morgan fingerprint density at radius 1 is 1.15 bits per heavy atom. The second-order valence-corrected chi connectivity index (χ2v) is 10.1. The molecule has 0 spiro atoms. The number of likely N-dealkylation sites (tertiary alicyclic amines) is 1. The largest absolute Gasteiger partial charge is 0.328 e. The summed E-state index contributed by atoms with van der Waals surface area (Å²) in [4.78, 5) is 31.4. The van der Waals surface area contributed by atoms with E-state index in [0.717, 1.165) is 55.1 Å². The van der Waals surface area contributed by atoms with Crippen molar-refractivity contribution in [1.29, 1.82) is 0 Å². The van der Waals surface area contributed by atoms with Crippen molar-refractivity contribution in [2.45, 2.75) is 38.4 Å². The molecule has 1 amide bonds. The van der Waals surface area contributed by atoms with Gasteiger partial charge in [-0.25, -0.2) is 15.0 Å². The van der Waals surface area contributed by atoms with Gasteiger partial charge in [0.1, 0.15) is 0 Å². The van der Waals surface area contributed by atoms with Gasteiger partial charge in [0.15, 0.2) is 5.01 Å². The second-order valence-electron chi connectivity index (χ2n) is 8.79. The maximum atomic E-state index is 13.2. The van der Waals surface area contributed by atoms with Crippen molar-refractivity contribution in [2.24, 2.45) is 0 Å². The van der Waals surface area contributed by atoms with E-state index >= 15 is 0 Å². The summed E-state index contributed by atoms with van der Waals surface area (Å²) >= 11 is 7.56. The number of hydrogen-bond donors (Lipinski definition) is 0. The molecule has 168 valence electrons. The lowest BCUT2D eigenvalue weighted by Crippen LogP contribution is -2.55. The topological polar surface area (TPSA) is 66.6 Å². The Morgan fingerprint density at radius 3 is 2.61 bits per heavy atom. The highest BCUT2D eigenvalue weighted by Crippen LogP contribution is 2.34. The molecule has 0 N–H and O–H groups in total. The molecule has 1 aromatic carbocycles. The van der Waals surface area contributed by atoms with Gasteiger partial charge in [-0.3, -0.25) is 14.1 Å². The van der Waals surface area contributed by atoms with E-state index in [1.165, 1.54) is 11.3 Å². The summed E-state index contributed by atoms with van der Waals surface area (Å²) in [5, 5.41) is 3.26. The molecule has 2 bridgehead atoms. The van der Waals surface area contributed by atoms with Crippen LogP contribution in [0.1, 0.15) is 34.0 Å². The zero-order valence-corrected chi connectivity index (χ0v) is 19.8. The fourth-order valence-corrected chi connectivity index (χ4v) is 6.01. The molecule has 2 unspecified atom stereocenters. The molecule has 9 heteroatoms. The average molecular weight is 479 g/mol. The van der Waals surface area contributed by atoms with Crippen LogP contribution in [0.5, 0.6) is 0 Å². The van der Waals surface area contributed by atoms with Crippen molar-refractivity contribution in [3.63, 3.8) is 0 Å². The molecule has 0 radical (unpaired) electrons. The van der Waals surface area contributed by atoms with Gasteiger partial charge in [-0.15, -0.1) is 11.3 Å². The molecule has 0 aliphatic carbocycles. The lowest BCUT2D eigenvalue weighted by atomic mass is 10.1. The molecule has 0 saturated carbocycles. The van der Waals surface area contributed by atoms with Gasteiger partial charge in [-0.05, 0) is 38.0 Å². The first-order valence-corrected chi connectivity index (χ1v) is 12.4. The smallest absolute Gasteiger partial charge is 0.283 e. The Labute approximate surface area is 200 Å². The number of hydrogen-bond acceptors (Lipinski definition) is 6. The van der Waals surface area contributed by atoms with Crippen molar-refractivity contribution < 1.29 is 4.79 Å². The molecule has 6 rings (SSSR count). The number of benzene rings is 1. The quantitative estimate of drug-likeness (QED) is 0.437. The molecule has 3 aromatic heterocycles. The second kappa shape index (κ2) is 8.20. The number of halogens is 1. The molecular weight excluding hydrogens is 456 g/mol. The molecule has 2 saturated heterocycles. The molecule has 2 aliphatic heterocycles. The molecule has 2 aliphatic rings. The first-order valence-electron chi connectivity index (χ1n) is 11.1. The van der Waals surface area contributed by atoms with Crippen LogP contribution in [0, 0.1) is 6.92 Å². The number of nitrogens with zero attached hydrogens (tertiary/aromatic N) is 6. The van der Waals surface area contributed by atoms with Crippen LogP contribution in [0.15, 0.2) is 48.1 Å². The van der Waals surface area contributed by atoms with Gasteiger partial charge in [0, 0.05) is 65.8 Å². The highest BCUT2D eigenvalue weighted by atomic mass is 35.5. The molecule has 7 nitrogen and oxygen atoms in total. The van der Waals surface area contributed by atoms with Gasteiger partial charge < -0.3 is 4.90 Å². The van der Waals surface area contributed by atoms with Crippen LogP contribution in [0.25, 0.3) is 17.0 Å². The summed E-state index contributed by atoms with van der Waals surface area (Å²) in [6, 6.07) is 10.2. The number of carbonyl (C=O) groups excluding carboxylic acids is 1. The Morgan fingerprint density at radius 2 is 1.91 bits per heavy atom. The predicted molar refractivity (Wildman–Crippen MR) is 129 cm³/mol. The van der Waals surface area contributed by atoms with E-state index in [4.69, 9.17) is 16.6 Å². The Kier molecular flexibility index (Phi) is 5.16. The summed E-state index contributed by atoms with van der Waals surface area (Å²) < 4.78 is 2.07. The van der Waals surface area contributed by atoms with Gasteiger partial charge in [0.25, 0.3) is 5.91 Å². The monoisotopic (exact) mass is 478 g/mol. The number of aromatic nitrogens is 4. The van der Waals surface area contributed by atoms with Crippen LogP contribution in [0.3, 0.4) is 0 Å². The minimum atomic E-state index is 0.0844. The third kappa shape index (κ3) is 3.72. The minimum absolute atomic E-state index is 0.0844. The zero-order valence-electron chi connectivity index (χ0n) is 18.2. The van der Waals surface area contributed by atoms with Gasteiger partial charge in [-0.1, -0.05) is 23.7 Å². The Hall–Kier alpha value is -2.81. The van der Waals surface area contributed by atoms with Gasteiger partial charge in [0.2, 0.25) is 5.78 Å². The zero-order chi connectivity index (χ0) is 22.5. The molecule has 5 heterocycles. The molecule has 33 heavy (non-hydrogen) atoms. The fraction of sp³-hybridized carbons (Fsp3) is 0.333. The lowest BCUT2D eigenvalue weighted by molar-refractivity contribution is 0.0402. The van der Waals surface area contributed by atoms with Gasteiger partial charge in [-0.2, -0.15) is 0 Å². The van der Waals surface area contributed by atoms with Crippen LogP contribution >= 0.6 is 22.9 Å². The van der Waals surface area contributed by atoms with E-state index in [9.17, 15) is 4.79 Å². The van der Waals surface area contributed by atoms with Crippen molar-refractivity contribution in [2.75, 3.05) is 13.1 Å². The number of thiazole rings is 1. The first-order chi connectivity index (χ1) is 16.1. The third-order valence-electron chi connectivity index (χ3n) is 6.59. The van der Waals surface area contributed by atoms with E-state index in [1.54, 1.807) is 6.20 Å². The summed E-state index contributed by atoms with van der Waals surface area (Å²) in [5.74, 6) is 0.773. The maximum Gasteiger partial charge on any atom is 0.283 e. The fourth-order valence-electron chi connectivity index (χ4n) is 5.15. The average Bonchev–Trinajstić information content (AvgIpc) is 3.48. The summed E-state index contributed by atoms with van der Waals surface area (Å²) in [5.41, 5.74) is 3.96. The number of carbonyl (C=O) groups is 1. The Balaban J connectivity index is 1.28. The number of aryl methyl sites for hydroxylation is 1. The standard InChI is InChI=1S/C24H23ClN6OS/c1-15-14-33-22(27-15)23(32)31-18-7-8-19(31)12-29(11-18)13-20-21(16-3-5-17(25)6-4-16)28-24-26-9-2-10-30(20)24/h2-6,9-10,14,18-19H,7-8,11-13H2,1H3. The number of amides is 1. The van der Waals surface area contributed by atoms with Crippen molar-refractivity contribution in [3.05, 3.63) is 69.5 Å². The van der Waals surface area contributed by atoms with E-state index < -0.39 is 0 Å². The van der Waals surface area contributed by atoms with Crippen molar-refractivity contribution in [1.82, 2.24) is 29.2 Å².